The first-order valence-corrected chi connectivity index (χ1v) is 23.8. The van der Waals surface area contributed by atoms with E-state index in [2.05, 4.69) is 35.1 Å². The molecule has 4 unspecified atom stereocenters. The summed E-state index contributed by atoms with van der Waals surface area (Å²) in [5.74, 6) is 0. The fraction of sp³-hybridized carbons (Fsp3) is 0.957. The Morgan fingerprint density at radius 2 is 0.679 bits per heavy atom. The van der Waals surface area contributed by atoms with Gasteiger partial charge in [-0.15, -0.1) is 0 Å². The van der Waals surface area contributed by atoms with Crippen molar-refractivity contribution in [1.29, 1.82) is 0 Å². The van der Waals surface area contributed by atoms with Crippen molar-refractivity contribution in [2.45, 2.75) is 233 Å². The first-order chi connectivity index (χ1) is 27.3. The van der Waals surface area contributed by atoms with Crippen LogP contribution in [0.4, 0.5) is 9.59 Å². The maximum atomic E-state index is 12.3. The minimum absolute atomic E-state index is 0.000831. The van der Waals surface area contributed by atoms with Gasteiger partial charge in [-0.3, -0.25) is 0 Å². The van der Waals surface area contributed by atoms with Gasteiger partial charge in [-0.1, -0.05) is 155 Å². The number of nitrogens with one attached hydrogen (secondary N) is 4. The van der Waals surface area contributed by atoms with Crippen LogP contribution in [0.5, 0.6) is 0 Å². The fourth-order valence-electron chi connectivity index (χ4n) is 6.59. The molecule has 0 bridgehead atoms. The van der Waals surface area contributed by atoms with Gasteiger partial charge in [-0.05, 0) is 53.4 Å². The molecule has 334 valence electrons. The molecule has 56 heavy (non-hydrogen) atoms. The number of carbonyl (C=O) groups is 2. The molecule has 0 saturated carbocycles. The number of urea groups is 2. The summed E-state index contributed by atoms with van der Waals surface area (Å²) >= 11 is 0. The summed E-state index contributed by atoms with van der Waals surface area (Å²) in [6, 6.07) is -0.497. The molecule has 0 aliphatic rings. The van der Waals surface area contributed by atoms with E-state index in [4.69, 9.17) is 18.9 Å². The van der Waals surface area contributed by atoms with Crippen LogP contribution in [0.15, 0.2) is 0 Å². The molecule has 0 aromatic heterocycles. The molecule has 0 rings (SSSR count). The first-order valence-electron chi connectivity index (χ1n) is 23.8. The zero-order valence-electron chi connectivity index (χ0n) is 37.8. The van der Waals surface area contributed by atoms with Gasteiger partial charge >= 0.3 is 12.1 Å². The number of ether oxygens (including phenoxy) is 4. The molecule has 0 spiro atoms. The summed E-state index contributed by atoms with van der Waals surface area (Å²) in [7, 11) is 0. The van der Waals surface area contributed by atoms with Gasteiger partial charge in [0.2, 0.25) is 0 Å². The average Bonchev–Trinajstić information content (AvgIpc) is 3.17. The van der Waals surface area contributed by atoms with Crippen molar-refractivity contribution < 1.29 is 28.5 Å². The van der Waals surface area contributed by atoms with Gasteiger partial charge in [0, 0.05) is 26.3 Å². The molecule has 4 atom stereocenters. The SMILES string of the molecule is CCCCCCCCCCCCCOCC(C)OCC(C)NC(=O)NCCCCCCNC(=O)NC(C)COC(C)COCCCCCCCCCCCCC. The van der Waals surface area contributed by atoms with Gasteiger partial charge in [0.15, 0.2) is 0 Å². The van der Waals surface area contributed by atoms with E-state index < -0.39 is 0 Å². The Balaban J connectivity index is 3.56. The van der Waals surface area contributed by atoms with Crippen molar-refractivity contribution in [2.75, 3.05) is 52.7 Å². The lowest BCUT2D eigenvalue weighted by atomic mass is 10.1. The molecule has 0 aromatic carbocycles. The van der Waals surface area contributed by atoms with Gasteiger partial charge in [0.1, 0.15) is 0 Å². The quantitative estimate of drug-likeness (QED) is 0.0456. The second-order valence-electron chi connectivity index (χ2n) is 16.5. The molecule has 4 amide bonds. The second-order valence-corrected chi connectivity index (χ2v) is 16.5. The number of rotatable bonds is 43. The van der Waals surface area contributed by atoms with Crippen molar-refractivity contribution in [1.82, 2.24) is 21.3 Å². The van der Waals surface area contributed by atoms with Crippen molar-refractivity contribution >= 4 is 12.1 Å². The van der Waals surface area contributed by atoms with Crippen LogP contribution in [0.25, 0.3) is 0 Å². The van der Waals surface area contributed by atoms with Crippen LogP contribution in [-0.2, 0) is 18.9 Å². The topological polar surface area (TPSA) is 119 Å². The lowest BCUT2D eigenvalue weighted by Crippen LogP contribution is -2.43. The van der Waals surface area contributed by atoms with Crippen molar-refractivity contribution in [3.63, 3.8) is 0 Å². The summed E-state index contributed by atoms with van der Waals surface area (Å²) in [5.41, 5.74) is 0. The Bertz CT molecular complexity index is 771. The number of hydrogen-bond acceptors (Lipinski definition) is 6. The summed E-state index contributed by atoms with van der Waals surface area (Å²) in [4.78, 5) is 24.5. The Kier molecular flexibility index (Phi) is 41.7. The largest absolute Gasteiger partial charge is 0.379 e. The molecule has 0 aromatic rings. The van der Waals surface area contributed by atoms with E-state index in [0.29, 0.717) is 39.5 Å². The standard InChI is InChI=1S/C46H94N4O6/c1-7-9-11-13-15-17-19-21-23-27-31-35-53-39-43(5)55-37-41(3)49-45(51)47-33-29-25-26-30-34-48-46(52)50-42(4)38-56-44(6)40-54-36-32-28-24-22-20-18-16-14-12-10-8-2/h41-44H,7-40H2,1-6H3,(H2,47,49,51)(H2,48,50,52). The molecule has 4 N–H and O–H groups in total. The number of amides is 4. The van der Waals surface area contributed by atoms with Crippen LogP contribution in [0.2, 0.25) is 0 Å². The van der Waals surface area contributed by atoms with E-state index in [1.54, 1.807) is 0 Å². The summed E-state index contributed by atoms with van der Waals surface area (Å²) < 4.78 is 23.4. The molecular weight excluding hydrogens is 705 g/mol. The van der Waals surface area contributed by atoms with Gasteiger partial charge in [0.05, 0.1) is 50.7 Å². The van der Waals surface area contributed by atoms with E-state index in [9.17, 15) is 9.59 Å². The molecule has 0 radical (unpaired) electrons. The lowest BCUT2D eigenvalue weighted by Gasteiger charge is -2.19. The number of unbranched alkanes of at least 4 members (excludes halogenated alkanes) is 23. The van der Waals surface area contributed by atoms with Crippen LogP contribution in [0.1, 0.15) is 208 Å². The second kappa shape index (κ2) is 43.0. The predicted octanol–water partition coefficient (Wildman–Crippen LogP) is 11.4. The van der Waals surface area contributed by atoms with E-state index in [1.807, 2.05) is 27.7 Å². The molecule has 0 heterocycles. The van der Waals surface area contributed by atoms with Crippen LogP contribution in [0, 0.1) is 0 Å². The Morgan fingerprint density at radius 1 is 0.393 bits per heavy atom. The normalized spacial score (nSPS) is 13.6. The minimum atomic E-state index is -0.167. The van der Waals surface area contributed by atoms with Gasteiger partial charge in [-0.2, -0.15) is 0 Å². The Hall–Kier alpha value is -1.62. The smallest absolute Gasteiger partial charge is 0.315 e. The van der Waals surface area contributed by atoms with Crippen LogP contribution >= 0.6 is 0 Å². The molecule has 0 aliphatic carbocycles. The highest BCUT2D eigenvalue weighted by molar-refractivity contribution is 5.74. The van der Waals surface area contributed by atoms with Crippen molar-refractivity contribution in [2.24, 2.45) is 0 Å². The third-order valence-corrected chi connectivity index (χ3v) is 10.2. The van der Waals surface area contributed by atoms with E-state index >= 15 is 0 Å². The maximum absolute atomic E-state index is 12.3. The van der Waals surface area contributed by atoms with Gasteiger partial charge in [-0.25, -0.2) is 9.59 Å². The zero-order chi connectivity index (χ0) is 41.2. The average molecular weight is 799 g/mol. The van der Waals surface area contributed by atoms with Crippen molar-refractivity contribution in [3.05, 3.63) is 0 Å². The van der Waals surface area contributed by atoms with Gasteiger partial charge < -0.3 is 40.2 Å². The van der Waals surface area contributed by atoms with Crippen molar-refractivity contribution in [3.8, 4) is 0 Å². The molecule has 0 saturated heterocycles. The van der Waals surface area contributed by atoms with E-state index in [-0.39, 0.29) is 36.4 Å². The summed E-state index contributed by atoms with van der Waals surface area (Å²) in [6.07, 6.45) is 33.1. The summed E-state index contributed by atoms with van der Waals surface area (Å²) in [5, 5.41) is 11.8. The molecule has 0 fully saturated rings. The first kappa shape index (κ1) is 54.4. The molecule has 0 aliphatic heterocycles. The minimum Gasteiger partial charge on any atom is -0.379 e. The lowest BCUT2D eigenvalue weighted by molar-refractivity contribution is -0.0127. The van der Waals surface area contributed by atoms with E-state index in [0.717, 1.165) is 51.7 Å². The number of carbonyl (C=O) groups excluding carboxylic acids is 2. The van der Waals surface area contributed by atoms with Gasteiger partial charge in [0.25, 0.3) is 0 Å². The molecule has 10 heteroatoms. The van der Waals surface area contributed by atoms with Crippen LogP contribution in [0.3, 0.4) is 0 Å². The Labute approximate surface area is 346 Å². The number of hydrogen-bond donors (Lipinski definition) is 4. The third kappa shape index (κ3) is 42.0. The van der Waals surface area contributed by atoms with Crippen LogP contribution < -0.4 is 21.3 Å². The van der Waals surface area contributed by atoms with E-state index in [1.165, 1.54) is 128 Å². The fourth-order valence-corrected chi connectivity index (χ4v) is 6.59. The third-order valence-electron chi connectivity index (χ3n) is 10.2. The highest BCUT2D eigenvalue weighted by Crippen LogP contribution is 2.13. The molecule has 10 nitrogen and oxygen atoms in total. The highest BCUT2D eigenvalue weighted by atomic mass is 16.5. The summed E-state index contributed by atoms with van der Waals surface area (Å²) in [6.45, 7) is 17.4. The predicted molar refractivity (Wildman–Crippen MR) is 236 cm³/mol. The molecular formula is C46H94N4O6. The highest BCUT2D eigenvalue weighted by Gasteiger charge is 2.11. The Morgan fingerprint density at radius 3 is 1.00 bits per heavy atom. The zero-order valence-corrected chi connectivity index (χ0v) is 37.8. The maximum Gasteiger partial charge on any atom is 0.315 e. The monoisotopic (exact) mass is 799 g/mol. The van der Waals surface area contributed by atoms with Crippen LogP contribution in [-0.4, -0.2) is 89.1 Å².